The molecule has 0 aliphatic heterocycles. The van der Waals surface area contributed by atoms with Gasteiger partial charge in [0.2, 0.25) is 0 Å². The van der Waals surface area contributed by atoms with Gasteiger partial charge in [-0.3, -0.25) is 4.72 Å². The summed E-state index contributed by atoms with van der Waals surface area (Å²) < 4.78 is 28.6. The molecule has 0 saturated heterocycles. The summed E-state index contributed by atoms with van der Waals surface area (Å²) in [6.45, 7) is 1.80. The molecule has 2 aromatic carbocycles. The van der Waals surface area contributed by atoms with Crippen molar-refractivity contribution in [2.24, 2.45) is 0 Å². The van der Waals surface area contributed by atoms with E-state index in [2.05, 4.69) is 36.6 Å². The van der Waals surface area contributed by atoms with E-state index in [0.717, 1.165) is 15.6 Å². The highest BCUT2D eigenvalue weighted by atomic mass is 79.9. The van der Waals surface area contributed by atoms with E-state index in [1.165, 1.54) is 0 Å². The molecule has 0 heterocycles. The third-order valence-electron chi connectivity index (χ3n) is 2.89. The highest BCUT2D eigenvalue weighted by molar-refractivity contribution is 9.11. The molecule has 7 heteroatoms. The number of sulfonamides is 1. The van der Waals surface area contributed by atoms with Gasteiger partial charge in [-0.05, 0) is 58.2 Å². The summed E-state index contributed by atoms with van der Waals surface area (Å²) in [6.07, 6.45) is 0. The minimum atomic E-state index is -3.69. The molecule has 0 aromatic heterocycles. The summed E-state index contributed by atoms with van der Waals surface area (Å²) >= 11 is 6.62. The largest absolute Gasteiger partial charge is 0.392 e. The Hall–Kier alpha value is -0.890. The number of aryl methyl sites for hydroxylation is 1. The summed E-state index contributed by atoms with van der Waals surface area (Å²) in [5, 5.41) is 8.98. The molecule has 0 radical (unpaired) electrons. The Bertz CT molecular complexity index is 759. The van der Waals surface area contributed by atoms with Gasteiger partial charge in [-0.15, -0.1) is 0 Å². The Labute approximate surface area is 140 Å². The van der Waals surface area contributed by atoms with Gasteiger partial charge in [-0.1, -0.05) is 28.1 Å². The fourth-order valence-corrected chi connectivity index (χ4v) is 4.46. The monoisotopic (exact) mass is 433 g/mol. The first-order valence-electron chi connectivity index (χ1n) is 6.02. The van der Waals surface area contributed by atoms with E-state index in [1.807, 2.05) is 6.92 Å². The lowest BCUT2D eigenvalue weighted by Crippen LogP contribution is -2.13. The average Bonchev–Trinajstić information content (AvgIpc) is 2.43. The second-order valence-corrected chi connectivity index (χ2v) is 7.85. The molecule has 0 unspecified atom stereocenters. The van der Waals surface area contributed by atoms with Crippen LogP contribution in [0.2, 0.25) is 0 Å². The van der Waals surface area contributed by atoms with Crippen LogP contribution in [0.5, 0.6) is 0 Å². The Morgan fingerprint density at radius 3 is 2.29 bits per heavy atom. The van der Waals surface area contributed by atoms with Crippen LogP contribution < -0.4 is 4.72 Å². The van der Waals surface area contributed by atoms with E-state index in [0.29, 0.717) is 10.2 Å². The lowest BCUT2D eigenvalue weighted by Gasteiger charge is -2.11. The van der Waals surface area contributed by atoms with Gasteiger partial charge < -0.3 is 5.11 Å². The summed E-state index contributed by atoms with van der Waals surface area (Å²) in [4.78, 5) is 0.159. The number of nitrogens with one attached hydrogen (secondary N) is 1. The summed E-state index contributed by atoms with van der Waals surface area (Å²) in [5.74, 6) is 0. The first-order valence-corrected chi connectivity index (χ1v) is 9.08. The maximum absolute atomic E-state index is 12.4. The third-order valence-corrected chi connectivity index (χ3v) is 6.09. The van der Waals surface area contributed by atoms with Crippen molar-refractivity contribution in [3.63, 3.8) is 0 Å². The first kappa shape index (κ1) is 16.5. The lowest BCUT2D eigenvalue weighted by molar-refractivity contribution is 0.282. The van der Waals surface area contributed by atoms with Crippen molar-refractivity contribution in [2.45, 2.75) is 18.4 Å². The predicted octanol–water partition coefficient (Wildman–Crippen LogP) is 3.81. The topological polar surface area (TPSA) is 66.4 Å². The first-order chi connectivity index (χ1) is 9.83. The van der Waals surface area contributed by atoms with E-state index >= 15 is 0 Å². The van der Waals surface area contributed by atoms with Crippen LogP contribution in [0.1, 0.15) is 11.1 Å². The minimum Gasteiger partial charge on any atom is -0.392 e. The van der Waals surface area contributed by atoms with Crippen molar-refractivity contribution < 1.29 is 13.5 Å². The summed E-state index contributed by atoms with van der Waals surface area (Å²) in [5.41, 5.74) is 2.10. The Balaban J connectivity index is 2.35. The van der Waals surface area contributed by atoms with Gasteiger partial charge >= 0.3 is 0 Å². The van der Waals surface area contributed by atoms with Crippen molar-refractivity contribution in [1.82, 2.24) is 0 Å². The molecule has 0 spiro atoms. The number of halogens is 2. The normalized spacial score (nSPS) is 11.4. The lowest BCUT2D eigenvalue weighted by atomic mass is 10.2. The fourth-order valence-electron chi connectivity index (χ4n) is 1.72. The molecule has 4 nitrogen and oxygen atoms in total. The molecule has 0 amide bonds. The van der Waals surface area contributed by atoms with Crippen LogP contribution in [0.25, 0.3) is 0 Å². The van der Waals surface area contributed by atoms with Crippen molar-refractivity contribution in [3.8, 4) is 0 Å². The highest BCUT2D eigenvalue weighted by Crippen LogP contribution is 2.30. The number of aliphatic hydroxyl groups is 1. The molecule has 0 saturated carbocycles. The number of rotatable bonds is 4. The molecule has 2 rings (SSSR count). The predicted molar refractivity (Wildman–Crippen MR) is 89.8 cm³/mol. The number of anilines is 1. The maximum atomic E-state index is 12.4. The highest BCUT2D eigenvalue weighted by Gasteiger charge is 2.19. The molecule has 0 fully saturated rings. The van der Waals surface area contributed by atoms with Gasteiger partial charge in [0.1, 0.15) is 4.90 Å². The van der Waals surface area contributed by atoms with Crippen LogP contribution in [-0.2, 0) is 16.6 Å². The number of hydrogen-bond donors (Lipinski definition) is 2. The van der Waals surface area contributed by atoms with Crippen molar-refractivity contribution in [3.05, 3.63) is 56.5 Å². The zero-order chi connectivity index (χ0) is 15.6. The molecule has 2 N–H and O–H groups in total. The second-order valence-electron chi connectivity index (χ2n) is 4.49. The van der Waals surface area contributed by atoms with Crippen LogP contribution in [0.4, 0.5) is 5.69 Å². The quantitative estimate of drug-likeness (QED) is 0.768. The van der Waals surface area contributed by atoms with Gasteiger partial charge in [0.15, 0.2) is 0 Å². The summed E-state index contributed by atoms with van der Waals surface area (Å²) in [6, 6.07) is 9.85. The van der Waals surface area contributed by atoms with Gasteiger partial charge in [-0.2, -0.15) is 0 Å². The minimum absolute atomic E-state index is 0.0799. The molecule has 0 aliphatic rings. The van der Waals surface area contributed by atoms with Crippen LogP contribution in [0.3, 0.4) is 0 Å². The molecule has 21 heavy (non-hydrogen) atoms. The Morgan fingerprint density at radius 2 is 1.71 bits per heavy atom. The van der Waals surface area contributed by atoms with Gasteiger partial charge in [-0.25, -0.2) is 8.42 Å². The number of hydrogen-bond acceptors (Lipinski definition) is 3. The molecule has 0 atom stereocenters. The third kappa shape index (κ3) is 3.85. The molecule has 112 valence electrons. The van der Waals surface area contributed by atoms with E-state index in [-0.39, 0.29) is 11.5 Å². The molecule has 0 bridgehead atoms. The standard InChI is InChI=1S/C14H13Br2NO3S/c1-9-6-13(16)14(7-12(9)15)21(19,20)17-11-4-2-10(8-18)3-5-11/h2-7,17-18H,8H2,1H3. The zero-order valence-electron chi connectivity index (χ0n) is 11.1. The van der Waals surface area contributed by atoms with Crippen molar-refractivity contribution in [1.29, 1.82) is 0 Å². The number of benzene rings is 2. The smallest absolute Gasteiger partial charge is 0.263 e. The maximum Gasteiger partial charge on any atom is 0.263 e. The van der Waals surface area contributed by atoms with Crippen molar-refractivity contribution >= 4 is 47.6 Å². The Morgan fingerprint density at radius 1 is 1.10 bits per heavy atom. The van der Waals surface area contributed by atoms with Crippen LogP contribution >= 0.6 is 31.9 Å². The average molecular weight is 435 g/mol. The molecular weight excluding hydrogens is 422 g/mol. The Kier molecular flexibility index (Phi) is 5.08. The SMILES string of the molecule is Cc1cc(Br)c(S(=O)(=O)Nc2ccc(CO)cc2)cc1Br. The van der Waals surface area contributed by atoms with E-state index in [4.69, 9.17) is 5.11 Å². The van der Waals surface area contributed by atoms with Crippen molar-refractivity contribution in [2.75, 3.05) is 4.72 Å². The molecule has 2 aromatic rings. The zero-order valence-corrected chi connectivity index (χ0v) is 15.1. The van der Waals surface area contributed by atoms with E-state index in [1.54, 1.807) is 36.4 Å². The van der Waals surface area contributed by atoms with E-state index in [9.17, 15) is 8.42 Å². The van der Waals surface area contributed by atoms with Crippen LogP contribution in [-0.4, -0.2) is 13.5 Å². The van der Waals surface area contributed by atoms with Crippen LogP contribution in [0.15, 0.2) is 50.2 Å². The fraction of sp³-hybridized carbons (Fsp3) is 0.143. The van der Waals surface area contributed by atoms with Gasteiger partial charge in [0.25, 0.3) is 10.0 Å². The molecule has 0 aliphatic carbocycles. The second kappa shape index (κ2) is 6.48. The number of aliphatic hydroxyl groups excluding tert-OH is 1. The van der Waals surface area contributed by atoms with Gasteiger partial charge in [0.05, 0.1) is 6.61 Å². The van der Waals surface area contributed by atoms with E-state index < -0.39 is 10.0 Å². The van der Waals surface area contributed by atoms with Crippen LogP contribution in [0, 0.1) is 6.92 Å². The van der Waals surface area contributed by atoms with Gasteiger partial charge in [0, 0.05) is 14.6 Å². The molecular formula is C14H13Br2NO3S. The summed E-state index contributed by atoms with van der Waals surface area (Å²) in [7, 11) is -3.69.